The van der Waals surface area contributed by atoms with E-state index in [4.69, 9.17) is 0 Å². The predicted octanol–water partition coefficient (Wildman–Crippen LogP) is 4.72. The summed E-state index contributed by atoms with van der Waals surface area (Å²) in [7, 11) is 0. The highest BCUT2D eigenvalue weighted by atomic mass is 19.2. The number of nitrogens with one attached hydrogen (secondary N) is 1. The average molecular weight is 482 g/mol. The van der Waals surface area contributed by atoms with Gasteiger partial charge in [-0.2, -0.15) is 0 Å². The van der Waals surface area contributed by atoms with Crippen molar-refractivity contribution in [2.24, 2.45) is 0 Å². The third-order valence-corrected chi connectivity index (χ3v) is 5.79. The molecular weight excluding hydrogens is 462 g/mol. The number of pyridine rings is 1. The molecule has 0 unspecified atom stereocenters. The maximum Gasteiger partial charge on any atom is 0.266 e. The fourth-order valence-electron chi connectivity index (χ4n) is 3.91. The lowest BCUT2D eigenvalue weighted by Crippen LogP contribution is -2.33. The molecule has 2 heterocycles. The Labute approximate surface area is 204 Å². The molecule has 0 aliphatic carbocycles. The maximum absolute atomic E-state index is 13.5. The Balaban J connectivity index is 1.32. The summed E-state index contributed by atoms with van der Waals surface area (Å²) in [6, 6.07) is 21.0. The van der Waals surface area contributed by atoms with Crippen LogP contribution in [0, 0.1) is 11.6 Å². The number of hydrogen-bond donors (Lipinski definition) is 1. The molecule has 3 aromatic carbocycles. The lowest BCUT2D eigenvalue weighted by Gasteiger charge is -2.10. The zero-order chi connectivity index (χ0) is 25.1. The van der Waals surface area contributed by atoms with Crippen molar-refractivity contribution in [2.45, 2.75) is 13.1 Å². The van der Waals surface area contributed by atoms with E-state index in [0.29, 0.717) is 5.56 Å². The van der Waals surface area contributed by atoms with Gasteiger partial charge < -0.3 is 5.32 Å². The van der Waals surface area contributed by atoms with Crippen LogP contribution in [-0.4, -0.2) is 20.4 Å². The van der Waals surface area contributed by atoms with E-state index in [1.807, 2.05) is 60.8 Å². The Morgan fingerprint density at radius 3 is 2.47 bits per heavy atom. The first-order valence-electron chi connectivity index (χ1n) is 11.2. The summed E-state index contributed by atoms with van der Waals surface area (Å²) in [6.45, 7) is 0.146. The second-order valence-corrected chi connectivity index (χ2v) is 8.29. The van der Waals surface area contributed by atoms with E-state index in [1.54, 1.807) is 0 Å². The van der Waals surface area contributed by atoms with Crippen molar-refractivity contribution in [3.8, 4) is 11.1 Å². The van der Waals surface area contributed by atoms with Gasteiger partial charge in [0.05, 0.1) is 18.4 Å². The minimum Gasteiger partial charge on any atom is -0.348 e. The van der Waals surface area contributed by atoms with Crippen molar-refractivity contribution < 1.29 is 13.6 Å². The Hall–Kier alpha value is -4.72. The van der Waals surface area contributed by atoms with Gasteiger partial charge in [0.1, 0.15) is 5.56 Å². The van der Waals surface area contributed by atoms with Gasteiger partial charge in [-0.25, -0.2) is 13.8 Å². The Kier molecular flexibility index (Phi) is 6.32. The minimum atomic E-state index is -1.01. The number of aromatic nitrogens is 3. The van der Waals surface area contributed by atoms with E-state index in [0.717, 1.165) is 39.7 Å². The van der Waals surface area contributed by atoms with Gasteiger partial charge in [-0.3, -0.25) is 19.1 Å². The molecule has 1 N–H and O–H groups in total. The fourth-order valence-corrected chi connectivity index (χ4v) is 3.91. The van der Waals surface area contributed by atoms with Crippen LogP contribution in [0.3, 0.4) is 0 Å². The molecule has 0 saturated heterocycles. The molecule has 0 radical (unpaired) electrons. The summed E-state index contributed by atoms with van der Waals surface area (Å²) in [5, 5.41) is 3.68. The third-order valence-electron chi connectivity index (χ3n) is 5.79. The minimum absolute atomic E-state index is 0.0500. The smallest absolute Gasteiger partial charge is 0.266 e. The zero-order valence-corrected chi connectivity index (χ0v) is 19.0. The lowest BCUT2D eigenvalue weighted by molar-refractivity contribution is 0.0948. The Morgan fingerprint density at radius 2 is 1.67 bits per heavy atom. The molecule has 1 amide bonds. The first-order chi connectivity index (χ1) is 17.5. The Bertz CT molecular complexity index is 1630. The van der Waals surface area contributed by atoms with E-state index in [2.05, 4.69) is 15.3 Å². The highest BCUT2D eigenvalue weighted by Gasteiger charge is 2.14. The topological polar surface area (TPSA) is 76.9 Å². The van der Waals surface area contributed by atoms with Gasteiger partial charge in [-0.1, -0.05) is 42.5 Å². The quantitative estimate of drug-likeness (QED) is 0.380. The molecule has 8 heteroatoms. The number of carbonyl (C=O) groups excluding carboxylic acids is 1. The van der Waals surface area contributed by atoms with Crippen molar-refractivity contribution in [3.05, 3.63) is 130 Å². The van der Waals surface area contributed by atoms with Gasteiger partial charge in [0.15, 0.2) is 11.6 Å². The highest BCUT2D eigenvalue weighted by molar-refractivity contribution is 5.93. The third kappa shape index (κ3) is 4.88. The van der Waals surface area contributed by atoms with Crippen LogP contribution in [-0.2, 0) is 13.1 Å². The van der Waals surface area contributed by atoms with Crippen molar-refractivity contribution >= 4 is 16.8 Å². The number of rotatable bonds is 6. The molecule has 36 heavy (non-hydrogen) atoms. The molecule has 0 spiro atoms. The lowest BCUT2D eigenvalue weighted by atomic mass is 10.0. The molecule has 0 atom stereocenters. The monoisotopic (exact) mass is 482 g/mol. The molecule has 0 aliphatic rings. The second kappa shape index (κ2) is 9.87. The fraction of sp³-hybridized carbons (Fsp3) is 0.0714. The van der Waals surface area contributed by atoms with Gasteiger partial charge in [-0.05, 0) is 47.0 Å². The first-order valence-corrected chi connectivity index (χ1v) is 11.2. The van der Waals surface area contributed by atoms with Gasteiger partial charge in [0.2, 0.25) is 0 Å². The normalized spacial score (nSPS) is 10.9. The predicted molar refractivity (Wildman–Crippen MR) is 132 cm³/mol. The van der Waals surface area contributed by atoms with Crippen molar-refractivity contribution in [3.63, 3.8) is 0 Å². The number of amides is 1. The van der Waals surface area contributed by atoms with E-state index < -0.39 is 23.1 Å². The summed E-state index contributed by atoms with van der Waals surface area (Å²) in [5.74, 6) is -2.56. The summed E-state index contributed by atoms with van der Waals surface area (Å²) in [4.78, 5) is 34.1. The van der Waals surface area contributed by atoms with Gasteiger partial charge in [0.25, 0.3) is 11.5 Å². The molecular formula is C28H20F2N4O2. The summed E-state index contributed by atoms with van der Waals surface area (Å²) in [5.41, 5.74) is 3.36. The van der Waals surface area contributed by atoms with Crippen LogP contribution >= 0.6 is 0 Å². The molecule has 6 nitrogen and oxygen atoms in total. The van der Waals surface area contributed by atoms with Crippen molar-refractivity contribution in [2.75, 3.05) is 0 Å². The second-order valence-electron chi connectivity index (χ2n) is 8.29. The molecule has 178 valence electrons. The van der Waals surface area contributed by atoms with Gasteiger partial charge in [0, 0.05) is 29.9 Å². The SMILES string of the molecule is O=C(NCc1ccc2ncc(-c3ccccc3)cc2c1)c1cncn(Cc2ccc(F)c(F)c2)c1=O. The average Bonchev–Trinajstić information content (AvgIpc) is 2.90. The molecule has 0 aliphatic heterocycles. The van der Waals surface area contributed by atoms with Crippen LogP contribution in [0.25, 0.3) is 22.0 Å². The highest BCUT2D eigenvalue weighted by Crippen LogP contribution is 2.23. The summed E-state index contributed by atoms with van der Waals surface area (Å²) < 4.78 is 27.9. The largest absolute Gasteiger partial charge is 0.348 e. The van der Waals surface area contributed by atoms with E-state index in [-0.39, 0.29) is 18.7 Å². The molecule has 0 fully saturated rings. The number of benzene rings is 3. The van der Waals surface area contributed by atoms with Crippen LogP contribution in [0.4, 0.5) is 8.78 Å². The first kappa shape index (κ1) is 23.0. The molecule has 5 aromatic rings. The van der Waals surface area contributed by atoms with E-state index >= 15 is 0 Å². The van der Waals surface area contributed by atoms with Crippen LogP contribution in [0.1, 0.15) is 21.5 Å². The van der Waals surface area contributed by atoms with E-state index in [1.165, 1.54) is 23.2 Å². The number of carbonyl (C=O) groups is 1. The summed E-state index contributed by atoms with van der Waals surface area (Å²) in [6.07, 6.45) is 4.27. The van der Waals surface area contributed by atoms with Gasteiger partial charge in [-0.15, -0.1) is 0 Å². The standard InChI is InChI=1S/C28H20F2N4O2/c29-24-8-6-19(11-25(24)30)16-34-17-31-15-23(28(34)36)27(35)33-13-18-7-9-26-21(10-18)12-22(14-32-26)20-4-2-1-3-5-20/h1-12,14-15,17H,13,16H2,(H,33,35). The van der Waals surface area contributed by atoms with E-state index in [9.17, 15) is 18.4 Å². The number of hydrogen-bond acceptors (Lipinski definition) is 4. The zero-order valence-electron chi connectivity index (χ0n) is 19.0. The number of fused-ring (bicyclic) bond motifs is 1. The van der Waals surface area contributed by atoms with Crippen LogP contribution in [0.2, 0.25) is 0 Å². The van der Waals surface area contributed by atoms with Crippen molar-refractivity contribution in [1.29, 1.82) is 0 Å². The molecule has 2 aromatic heterocycles. The molecule has 0 saturated carbocycles. The molecule has 5 rings (SSSR count). The molecule has 0 bridgehead atoms. The maximum atomic E-state index is 13.5. The van der Waals surface area contributed by atoms with Gasteiger partial charge >= 0.3 is 0 Å². The summed E-state index contributed by atoms with van der Waals surface area (Å²) >= 11 is 0. The van der Waals surface area contributed by atoms with Crippen LogP contribution in [0.5, 0.6) is 0 Å². The van der Waals surface area contributed by atoms with Crippen LogP contribution < -0.4 is 10.9 Å². The van der Waals surface area contributed by atoms with Crippen LogP contribution in [0.15, 0.2) is 96.3 Å². The van der Waals surface area contributed by atoms with Crippen molar-refractivity contribution in [1.82, 2.24) is 19.9 Å². The Morgan fingerprint density at radius 1 is 0.861 bits per heavy atom. The number of nitrogens with zero attached hydrogens (tertiary/aromatic N) is 3. The number of halogens is 2.